The van der Waals surface area contributed by atoms with Crippen molar-refractivity contribution in [3.05, 3.63) is 76.9 Å². The van der Waals surface area contributed by atoms with E-state index in [4.69, 9.17) is 0 Å². The summed E-state index contributed by atoms with van der Waals surface area (Å²) >= 11 is 0. The number of aromatic carboxylic acids is 2. The maximum atomic E-state index is 12.8. The number of nitrogens with zero attached hydrogens (tertiary/aromatic N) is 3. The lowest BCUT2D eigenvalue weighted by Gasteiger charge is -2.13. The molecule has 8 heteroatoms. The summed E-state index contributed by atoms with van der Waals surface area (Å²) in [5.74, 6) is -3.06. The van der Waals surface area contributed by atoms with Crippen LogP contribution in [0.4, 0.5) is 11.4 Å². The quantitative estimate of drug-likeness (QED) is 0.694. The summed E-state index contributed by atoms with van der Waals surface area (Å²) in [6.45, 7) is 1.66. The van der Waals surface area contributed by atoms with Crippen LogP contribution in [0, 0.1) is 0 Å². The highest BCUT2D eigenvalue weighted by molar-refractivity contribution is 6.30. The molecule has 158 valence electrons. The van der Waals surface area contributed by atoms with Crippen LogP contribution in [-0.4, -0.2) is 47.9 Å². The molecule has 0 fully saturated rings. The van der Waals surface area contributed by atoms with Crippen LogP contribution in [0.1, 0.15) is 33.2 Å². The minimum Gasteiger partial charge on any atom is -0.478 e. The van der Waals surface area contributed by atoms with E-state index in [0.717, 1.165) is 22.3 Å². The molecule has 1 heterocycles. The Morgan fingerprint density at radius 1 is 1.00 bits per heavy atom. The van der Waals surface area contributed by atoms with Crippen molar-refractivity contribution in [2.45, 2.75) is 6.92 Å². The van der Waals surface area contributed by atoms with Gasteiger partial charge < -0.3 is 15.1 Å². The van der Waals surface area contributed by atoms with E-state index in [1.54, 1.807) is 19.1 Å². The van der Waals surface area contributed by atoms with Crippen LogP contribution in [-0.2, 0) is 4.79 Å². The fourth-order valence-electron chi connectivity index (χ4n) is 3.00. The normalized spacial score (nSPS) is 14.9. The fourth-order valence-corrected chi connectivity index (χ4v) is 3.00. The highest BCUT2D eigenvalue weighted by Crippen LogP contribution is 2.26. The van der Waals surface area contributed by atoms with Gasteiger partial charge in [0.25, 0.3) is 5.91 Å². The van der Waals surface area contributed by atoms with E-state index in [1.165, 1.54) is 12.1 Å². The number of anilines is 2. The molecule has 1 aliphatic heterocycles. The molecular weight excluding hydrogens is 398 g/mol. The molecule has 3 rings (SSSR count). The first kappa shape index (κ1) is 21.5. The van der Waals surface area contributed by atoms with Crippen molar-refractivity contribution in [1.82, 2.24) is 0 Å². The number of carbonyl (C=O) groups excluding carboxylic acids is 1. The first-order chi connectivity index (χ1) is 14.7. The minimum absolute atomic E-state index is 0.0771. The van der Waals surface area contributed by atoms with Crippen molar-refractivity contribution in [3.8, 4) is 0 Å². The van der Waals surface area contributed by atoms with Gasteiger partial charge >= 0.3 is 11.9 Å². The molecule has 0 unspecified atom stereocenters. The summed E-state index contributed by atoms with van der Waals surface area (Å²) in [7, 11) is 3.92. The number of allylic oxidation sites excluding steroid dienone is 2. The van der Waals surface area contributed by atoms with Crippen molar-refractivity contribution in [3.63, 3.8) is 0 Å². The van der Waals surface area contributed by atoms with Gasteiger partial charge in [0, 0.05) is 19.8 Å². The molecule has 0 bridgehead atoms. The van der Waals surface area contributed by atoms with E-state index >= 15 is 0 Å². The summed E-state index contributed by atoms with van der Waals surface area (Å²) in [6, 6.07) is 11.3. The minimum atomic E-state index is -1.30. The highest BCUT2D eigenvalue weighted by Gasteiger charge is 2.29. The molecule has 1 amide bonds. The Morgan fingerprint density at radius 2 is 1.58 bits per heavy atom. The van der Waals surface area contributed by atoms with Crippen molar-refractivity contribution in [2.75, 3.05) is 24.0 Å². The van der Waals surface area contributed by atoms with Gasteiger partial charge in [-0.25, -0.2) is 9.59 Å². The molecule has 2 N–H and O–H groups in total. The summed E-state index contributed by atoms with van der Waals surface area (Å²) in [5.41, 5.74) is 2.40. The van der Waals surface area contributed by atoms with E-state index < -0.39 is 17.8 Å². The van der Waals surface area contributed by atoms with Gasteiger partial charge in [0.2, 0.25) is 0 Å². The Labute approximate surface area is 179 Å². The maximum absolute atomic E-state index is 12.8. The third kappa shape index (κ3) is 4.69. The Morgan fingerprint density at radius 3 is 2.10 bits per heavy atom. The van der Waals surface area contributed by atoms with Gasteiger partial charge in [0.15, 0.2) is 0 Å². The van der Waals surface area contributed by atoms with Crippen molar-refractivity contribution < 1.29 is 24.6 Å². The smallest absolute Gasteiger partial charge is 0.335 e. The summed E-state index contributed by atoms with van der Waals surface area (Å²) in [4.78, 5) is 37.5. The summed E-state index contributed by atoms with van der Waals surface area (Å²) < 4.78 is 0. The predicted molar refractivity (Wildman–Crippen MR) is 119 cm³/mol. The van der Waals surface area contributed by atoms with Gasteiger partial charge in [-0.15, -0.1) is 0 Å². The topological polar surface area (TPSA) is 111 Å². The third-order valence-electron chi connectivity index (χ3n) is 4.68. The summed E-state index contributed by atoms with van der Waals surface area (Å²) in [5, 5.41) is 23.7. The van der Waals surface area contributed by atoms with Crippen LogP contribution in [0.2, 0.25) is 0 Å². The number of hydrazone groups is 1. The number of amides is 1. The van der Waals surface area contributed by atoms with Crippen LogP contribution < -0.4 is 9.91 Å². The first-order valence-corrected chi connectivity index (χ1v) is 9.35. The third-order valence-corrected chi connectivity index (χ3v) is 4.68. The van der Waals surface area contributed by atoms with Crippen molar-refractivity contribution >= 4 is 41.0 Å². The molecule has 2 aromatic rings. The molecule has 0 aliphatic carbocycles. The van der Waals surface area contributed by atoms with Crippen LogP contribution >= 0.6 is 0 Å². The van der Waals surface area contributed by atoms with Gasteiger partial charge in [-0.2, -0.15) is 10.1 Å². The highest BCUT2D eigenvalue weighted by atomic mass is 16.4. The largest absolute Gasteiger partial charge is 0.478 e. The Kier molecular flexibility index (Phi) is 6.01. The van der Waals surface area contributed by atoms with E-state index in [2.05, 4.69) is 5.10 Å². The molecule has 8 nitrogen and oxygen atoms in total. The zero-order valence-electron chi connectivity index (χ0n) is 17.2. The molecule has 0 spiro atoms. The standard InChI is InChI=1S/C23H21N3O5/c1-14-20(6-4-5-15-7-9-18(10-8-15)25(2)3)21(27)26(24-14)19-12-16(22(28)29)11-17(13-19)23(30)31/h4-13H,1-3H3,(H,28,29)(H,30,31). The fraction of sp³-hybridized carbons (Fsp3) is 0.130. The molecule has 0 saturated carbocycles. The number of carbonyl (C=O) groups is 3. The maximum Gasteiger partial charge on any atom is 0.335 e. The van der Waals surface area contributed by atoms with Crippen molar-refractivity contribution in [1.29, 1.82) is 0 Å². The van der Waals surface area contributed by atoms with Gasteiger partial charge in [-0.05, 0) is 48.9 Å². The Balaban J connectivity index is 1.86. The van der Waals surface area contributed by atoms with E-state index in [1.807, 2.05) is 49.3 Å². The van der Waals surface area contributed by atoms with E-state index in [-0.39, 0.29) is 16.8 Å². The van der Waals surface area contributed by atoms with Gasteiger partial charge in [0.1, 0.15) is 0 Å². The molecule has 1 aliphatic rings. The number of hydrogen-bond acceptors (Lipinski definition) is 5. The second-order valence-corrected chi connectivity index (χ2v) is 7.11. The number of carboxylic acid groups (broad SMARTS) is 2. The Hall–Kier alpha value is -4.20. The second-order valence-electron chi connectivity index (χ2n) is 7.11. The molecule has 31 heavy (non-hydrogen) atoms. The molecule has 0 atom stereocenters. The van der Waals surface area contributed by atoms with E-state index in [0.29, 0.717) is 11.3 Å². The number of carboxylic acids is 2. The van der Waals surface area contributed by atoms with Crippen LogP contribution in [0.3, 0.4) is 0 Å². The lowest BCUT2D eigenvalue weighted by atomic mass is 10.1. The van der Waals surface area contributed by atoms with Gasteiger partial charge in [-0.3, -0.25) is 4.79 Å². The summed E-state index contributed by atoms with van der Waals surface area (Å²) in [6.07, 6.45) is 5.21. The number of benzene rings is 2. The lowest BCUT2D eigenvalue weighted by Crippen LogP contribution is -2.22. The molecule has 2 aromatic carbocycles. The number of hydrogen-bond donors (Lipinski definition) is 2. The van der Waals surface area contributed by atoms with Gasteiger partial charge in [0.05, 0.1) is 28.1 Å². The van der Waals surface area contributed by atoms with E-state index in [9.17, 15) is 24.6 Å². The molecule has 0 saturated heterocycles. The van der Waals surface area contributed by atoms with Crippen molar-refractivity contribution in [2.24, 2.45) is 5.10 Å². The second kappa shape index (κ2) is 8.66. The first-order valence-electron chi connectivity index (χ1n) is 9.35. The molecule has 0 aromatic heterocycles. The molecular formula is C23H21N3O5. The SMILES string of the molecule is CC1=NN(c2cc(C(=O)O)cc(C(=O)O)c2)C(=O)C1=CC=Cc1ccc(N(C)C)cc1. The monoisotopic (exact) mass is 419 g/mol. The van der Waals surface area contributed by atoms with Crippen LogP contribution in [0.15, 0.2) is 65.3 Å². The average molecular weight is 419 g/mol. The van der Waals surface area contributed by atoms with Gasteiger partial charge in [-0.1, -0.05) is 24.3 Å². The zero-order valence-corrected chi connectivity index (χ0v) is 17.2. The Bertz CT molecular complexity index is 1110. The lowest BCUT2D eigenvalue weighted by molar-refractivity contribution is -0.114. The molecule has 0 radical (unpaired) electrons. The van der Waals surface area contributed by atoms with Crippen LogP contribution in [0.5, 0.6) is 0 Å². The zero-order chi connectivity index (χ0) is 22.7. The average Bonchev–Trinajstić information content (AvgIpc) is 3.02. The number of rotatable bonds is 6. The van der Waals surface area contributed by atoms with Crippen LogP contribution in [0.25, 0.3) is 6.08 Å². The predicted octanol–water partition coefficient (Wildman–Crippen LogP) is 3.51.